The molecule has 0 unspecified atom stereocenters. The van der Waals surface area contributed by atoms with Gasteiger partial charge in [0.2, 0.25) is 5.91 Å². The molecular weight excluding hydrogens is 458 g/mol. The van der Waals surface area contributed by atoms with Crippen LogP contribution in [0.2, 0.25) is 0 Å². The SMILES string of the molecule is CCCCCC/C=C/CC/C=C/[C@@H](O)[C@H](CO)NC(=O)CCCCCCCCCCCCCCCCC. The standard InChI is InChI=1S/C33H63NO3/c1-3-5-7-9-11-13-15-16-17-18-19-21-23-25-27-29-33(37)34-31(30-35)32(36)28-26-24-22-20-14-12-10-8-6-4-2/h14,20,26,28,31-32,35-36H,3-13,15-19,21-25,27,29-30H2,1-2H3,(H,34,37)/b20-14+,28-26+/t31-,32+/m0/s1. The highest BCUT2D eigenvalue weighted by Gasteiger charge is 2.17. The van der Waals surface area contributed by atoms with Crippen molar-refractivity contribution < 1.29 is 15.0 Å². The molecule has 218 valence electrons. The molecular formula is C33H63NO3. The third-order valence-electron chi connectivity index (χ3n) is 7.19. The van der Waals surface area contributed by atoms with E-state index in [9.17, 15) is 15.0 Å². The largest absolute Gasteiger partial charge is 0.394 e. The van der Waals surface area contributed by atoms with Gasteiger partial charge in [-0.2, -0.15) is 0 Å². The van der Waals surface area contributed by atoms with Gasteiger partial charge < -0.3 is 15.5 Å². The summed E-state index contributed by atoms with van der Waals surface area (Å²) in [7, 11) is 0. The fourth-order valence-electron chi connectivity index (χ4n) is 4.66. The van der Waals surface area contributed by atoms with Crippen LogP contribution in [0.25, 0.3) is 0 Å². The predicted molar refractivity (Wildman–Crippen MR) is 161 cm³/mol. The predicted octanol–water partition coefficient (Wildman–Crippen LogP) is 8.95. The first-order chi connectivity index (χ1) is 18.2. The molecule has 0 heterocycles. The van der Waals surface area contributed by atoms with Crippen LogP contribution in [0, 0.1) is 0 Å². The average molecular weight is 522 g/mol. The van der Waals surface area contributed by atoms with Crippen molar-refractivity contribution in [1.82, 2.24) is 5.32 Å². The number of carbonyl (C=O) groups is 1. The van der Waals surface area contributed by atoms with E-state index in [0.29, 0.717) is 6.42 Å². The van der Waals surface area contributed by atoms with Gasteiger partial charge in [-0.3, -0.25) is 4.79 Å². The molecule has 0 fully saturated rings. The van der Waals surface area contributed by atoms with Gasteiger partial charge in [0.25, 0.3) is 0 Å². The molecule has 0 aromatic carbocycles. The fourth-order valence-corrected chi connectivity index (χ4v) is 4.66. The van der Waals surface area contributed by atoms with Crippen molar-refractivity contribution in [2.24, 2.45) is 0 Å². The minimum absolute atomic E-state index is 0.0767. The molecule has 4 heteroatoms. The Balaban J connectivity index is 3.66. The van der Waals surface area contributed by atoms with Crippen LogP contribution in [0.5, 0.6) is 0 Å². The van der Waals surface area contributed by atoms with Crippen molar-refractivity contribution in [1.29, 1.82) is 0 Å². The first-order valence-corrected chi connectivity index (χ1v) is 16.1. The minimum atomic E-state index is -0.854. The van der Waals surface area contributed by atoms with Crippen LogP contribution in [0.1, 0.15) is 162 Å². The van der Waals surface area contributed by atoms with Gasteiger partial charge in [0.15, 0.2) is 0 Å². The molecule has 1 amide bonds. The summed E-state index contributed by atoms with van der Waals surface area (Å²) in [6, 6.07) is -0.630. The van der Waals surface area contributed by atoms with Crippen molar-refractivity contribution in [3.8, 4) is 0 Å². The van der Waals surface area contributed by atoms with Gasteiger partial charge in [-0.1, -0.05) is 147 Å². The van der Waals surface area contributed by atoms with E-state index in [-0.39, 0.29) is 12.5 Å². The van der Waals surface area contributed by atoms with Crippen molar-refractivity contribution in [2.45, 2.75) is 174 Å². The smallest absolute Gasteiger partial charge is 0.220 e. The van der Waals surface area contributed by atoms with Gasteiger partial charge in [0.05, 0.1) is 18.8 Å². The lowest BCUT2D eigenvalue weighted by molar-refractivity contribution is -0.123. The first-order valence-electron chi connectivity index (χ1n) is 16.1. The number of hydrogen-bond acceptors (Lipinski definition) is 3. The van der Waals surface area contributed by atoms with Gasteiger partial charge in [-0.05, 0) is 32.1 Å². The Labute approximate surface area is 230 Å². The molecule has 0 aliphatic rings. The van der Waals surface area contributed by atoms with E-state index in [1.54, 1.807) is 6.08 Å². The third kappa shape index (κ3) is 26.3. The number of unbranched alkanes of at least 4 members (excludes halogenated alkanes) is 19. The number of nitrogens with one attached hydrogen (secondary N) is 1. The number of aliphatic hydroxyl groups is 2. The Hall–Kier alpha value is -1.13. The lowest BCUT2D eigenvalue weighted by atomic mass is 10.0. The highest BCUT2D eigenvalue weighted by molar-refractivity contribution is 5.76. The number of amides is 1. The molecule has 0 aliphatic heterocycles. The highest BCUT2D eigenvalue weighted by atomic mass is 16.3. The van der Waals surface area contributed by atoms with E-state index in [4.69, 9.17) is 0 Å². The average Bonchev–Trinajstić information content (AvgIpc) is 2.90. The summed E-state index contributed by atoms with van der Waals surface area (Å²) < 4.78 is 0. The van der Waals surface area contributed by atoms with Crippen LogP contribution in [0.15, 0.2) is 24.3 Å². The molecule has 0 saturated carbocycles. The lowest BCUT2D eigenvalue weighted by Gasteiger charge is -2.19. The van der Waals surface area contributed by atoms with E-state index < -0.39 is 12.1 Å². The molecule has 0 saturated heterocycles. The van der Waals surface area contributed by atoms with Gasteiger partial charge >= 0.3 is 0 Å². The maximum absolute atomic E-state index is 12.2. The number of allylic oxidation sites excluding steroid dienone is 3. The molecule has 0 radical (unpaired) electrons. The zero-order valence-corrected chi connectivity index (χ0v) is 24.7. The highest BCUT2D eigenvalue weighted by Crippen LogP contribution is 2.14. The third-order valence-corrected chi connectivity index (χ3v) is 7.19. The van der Waals surface area contributed by atoms with Gasteiger partial charge in [-0.25, -0.2) is 0 Å². The zero-order valence-electron chi connectivity index (χ0n) is 24.7. The van der Waals surface area contributed by atoms with Crippen molar-refractivity contribution >= 4 is 5.91 Å². The Bertz CT molecular complexity index is 532. The van der Waals surface area contributed by atoms with Crippen molar-refractivity contribution in [2.75, 3.05) is 6.61 Å². The van der Waals surface area contributed by atoms with E-state index in [1.807, 2.05) is 6.08 Å². The maximum Gasteiger partial charge on any atom is 0.220 e. The quantitative estimate of drug-likeness (QED) is 0.0711. The molecule has 37 heavy (non-hydrogen) atoms. The molecule has 0 aromatic heterocycles. The van der Waals surface area contributed by atoms with Crippen molar-refractivity contribution in [3.05, 3.63) is 24.3 Å². The maximum atomic E-state index is 12.2. The molecule has 0 aromatic rings. The van der Waals surface area contributed by atoms with Crippen LogP contribution in [-0.4, -0.2) is 34.9 Å². The Kier molecular flexibility index (Phi) is 28.5. The number of rotatable bonds is 28. The van der Waals surface area contributed by atoms with Gasteiger partial charge in [0, 0.05) is 6.42 Å². The second kappa shape index (κ2) is 29.4. The van der Waals surface area contributed by atoms with E-state index in [1.165, 1.54) is 109 Å². The summed E-state index contributed by atoms with van der Waals surface area (Å²) in [6.45, 7) is 4.24. The second-order valence-electron chi connectivity index (χ2n) is 10.9. The molecule has 0 spiro atoms. The molecule has 0 bridgehead atoms. The second-order valence-corrected chi connectivity index (χ2v) is 10.9. The first kappa shape index (κ1) is 35.9. The minimum Gasteiger partial charge on any atom is -0.394 e. The van der Waals surface area contributed by atoms with Gasteiger partial charge in [0.1, 0.15) is 0 Å². The topological polar surface area (TPSA) is 69.6 Å². The summed E-state index contributed by atoms with van der Waals surface area (Å²) in [5.41, 5.74) is 0. The van der Waals surface area contributed by atoms with Crippen LogP contribution in [0.3, 0.4) is 0 Å². The van der Waals surface area contributed by atoms with E-state index in [2.05, 4.69) is 31.3 Å². The molecule has 0 aliphatic carbocycles. The number of hydrogen-bond donors (Lipinski definition) is 3. The molecule has 2 atom stereocenters. The number of carbonyl (C=O) groups excluding carboxylic acids is 1. The molecule has 0 rings (SSSR count). The van der Waals surface area contributed by atoms with Crippen LogP contribution in [0.4, 0.5) is 0 Å². The monoisotopic (exact) mass is 521 g/mol. The van der Waals surface area contributed by atoms with Crippen molar-refractivity contribution in [3.63, 3.8) is 0 Å². The Morgan fingerprint density at radius 2 is 1.05 bits per heavy atom. The fraction of sp³-hybridized carbons (Fsp3) is 0.848. The van der Waals surface area contributed by atoms with Crippen LogP contribution in [-0.2, 0) is 4.79 Å². The molecule has 3 N–H and O–H groups in total. The summed E-state index contributed by atoms with van der Waals surface area (Å²) in [5, 5.41) is 22.7. The van der Waals surface area contributed by atoms with Crippen LogP contribution < -0.4 is 5.32 Å². The van der Waals surface area contributed by atoms with Gasteiger partial charge in [-0.15, -0.1) is 0 Å². The summed E-state index contributed by atoms with van der Waals surface area (Å²) in [6.07, 6.45) is 35.4. The van der Waals surface area contributed by atoms with E-state index >= 15 is 0 Å². The van der Waals surface area contributed by atoms with Crippen LogP contribution >= 0.6 is 0 Å². The summed E-state index contributed by atoms with van der Waals surface area (Å²) in [4.78, 5) is 12.2. The number of aliphatic hydroxyl groups excluding tert-OH is 2. The Morgan fingerprint density at radius 1 is 0.622 bits per heavy atom. The lowest BCUT2D eigenvalue weighted by Crippen LogP contribution is -2.45. The summed E-state index contributed by atoms with van der Waals surface area (Å²) in [5.74, 6) is -0.0767. The zero-order chi connectivity index (χ0) is 27.2. The summed E-state index contributed by atoms with van der Waals surface area (Å²) >= 11 is 0. The Morgan fingerprint density at radius 3 is 1.57 bits per heavy atom. The van der Waals surface area contributed by atoms with E-state index in [0.717, 1.165) is 32.1 Å². The normalized spacial score (nSPS) is 13.5. The molecule has 4 nitrogen and oxygen atoms in total.